The second kappa shape index (κ2) is 12.5. The molecule has 0 bridgehead atoms. The molecule has 0 saturated carbocycles. The number of carbonyl (C=O) groups is 2. The van der Waals surface area contributed by atoms with Crippen LogP contribution in [-0.2, 0) is 23.6 Å². The number of hydrogen-bond donors (Lipinski definition) is 2. The predicted molar refractivity (Wildman–Crippen MR) is 111 cm³/mol. The Hall–Kier alpha value is -2.24. The third kappa shape index (κ3) is 8.21. The third-order valence-electron chi connectivity index (χ3n) is 3.94. The van der Waals surface area contributed by atoms with Gasteiger partial charge in [0.25, 0.3) is 0 Å². The van der Waals surface area contributed by atoms with Crippen LogP contribution in [0.1, 0.15) is 41.5 Å². The molecule has 8 nitrogen and oxygen atoms in total. The Bertz CT molecular complexity index is 882. The maximum Gasteiger partial charge on any atom is 0.392 e. The molecule has 1 unspecified atom stereocenters. The molecule has 3 atom stereocenters. The van der Waals surface area contributed by atoms with Crippen LogP contribution in [0.3, 0.4) is 0 Å². The van der Waals surface area contributed by atoms with Crippen molar-refractivity contribution in [2.75, 3.05) is 13.2 Å². The highest BCUT2D eigenvalue weighted by Gasteiger charge is 2.38. The van der Waals surface area contributed by atoms with Gasteiger partial charge in [-0.15, -0.1) is 0 Å². The van der Waals surface area contributed by atoms with Crippen molar-refractivity contribution in [3.63, 3.8) is 0 Å². The standard InChI is InChI=1S/C20H28F5N2O6P/c1-9(2)7-31-19(28)11(5)26-34(30,27-12(6)20(29)32-8-10(3)4)33-18-16(24)14(22)13(21)15(23)17(18)25/h9-12H,7-8H2,1-6H3,(H2,26,27,30)/t11-,12+,34?. The average molecular weight is 518 g/mol. The smallest absolute Gasteiger partial charge is 0.392 e. The van der Waals surface area contributed by atoms with E-state index in [1.54, 1.807) is 27.7 Å². The van der Waals surface area contributed by atoms with Crippen LogP contribution >= 0.6 is 7.67 Å². The molecule has 0 fully saturated rings. The molecule has 0 aliphatic rings. The summed E-state index contributed by atoms with van der Waals surface area (Å²) < 4.78 is 96.8. The lowest BCUT2D eigenvalue weighted by molar-refractivity contribution is -0.146. The Kier molecular flexibility index (Phi) is 10.9. The van der Waals surface area contributed by atoms with Crippen LogP contribution in [0.2, 0.25) is 0 Å². The number of nitrogens with one attached hydrogen (secondary N) is 2. The molecule has 194 valence electrons. The van der Waals surface area contributed by atoms with Gasteiger partial charge in [0.05, 0.1) is 13.2 Å². The molecule has 0 heterocycles. The fourth-order valence-corrected chi connectivity index (χ4v) is 4.07. The molecule has 0 aliphatic carbocycles. The molecule has 34 heavy (non-hydrogen) atoms. The first-order valence-electron chi connectivity index (χ1n) is 10.3. The molecule has 1 aromatic rings. The number of halogens is 5. The topological polar surface area (TPSA) is 103 Å². The summed E-state index contributed by atoms with van der Waals surface area (Å²) in [5.74, 6) is -15.8. The minimum Gasteiger partial charge on any atom is -0.464 e. The summed E-state index contributed by atoms with van der Waals surface area (Å²) in [5.41, 5.74) is 0. The molecule has 0 amide bonds. The Labute approximate surface area is 194 Å². The summed E-state index contributed by atoms with van der Waals surface area (Å²) in [6, 6.07) is -2.89. The summed E-state index contributed by atoms with van der Waals surface area (Å²) in [6.45, 7) is 9.26. The van der Waals surface area contributed by atoms with Crippen LogP contribution in [0.4, 0.5) is 22.0 Å². The van der Waals surface area contributed by atoms with Crippen LogP contribution in [-0.4, -0.2) is 37.2 Å². The van der Waals surface area contributed by atoms with E-state index in [0.29, 0.717) is 0 Å². The van der Waals surface area contributed by atoms with E-state index >= 15 is 0 Å². The van der Waals surface area contributed by atoms with Gasteiger partial charge < -0.3 is 14.0 Å². The summed E-state index contributed by atoms with van der Waals surface area (Å²) in [7, 11) is -4.90. The van der Waals surface area contributed by atoms with Gasteiger partial charge in [-0.2, -0.15) is 8.78 Å². The largest absolute Gasteiger partial charge is 0.464 e. The minimum absolute atomic E-state index is 0.0149. The Morgan fingerprint density at radius 3 is 1.35 bits per heavy atom. The summed E-state index contributed by atoms with van der Waals surface area (Å²) >= 11 is 0. The number of ether oxygens (including phenoxy) is 2. The molecule has 0 radical (unpaired) electrons. The molecule has 14 heteroatoms. The van der Waals surface area contributed by atoms with Crippen LogP contribution in [0, 0.1) is 40.9 Å². The van der Waals surface area contributed by atoms with Crippen molar-refractivity contribution in [2.24, 2.45) is 11.8 Å². The molecule has 2 N–H and O–H groups in total. The zero-order valence-electron chi connectivity index (χ0n) is 19.5. The van der Waals surface area contributed by atoms with E-state index in [1.807, 2.05) is 0 Å². The van der Waals surface area contributed by atoms with Crippen LogP contribution in [0.25, 0.3) is 0 Å². The van der Waals surface area contributed by atoms with E-state index in [2.05, 4.69) is 10.2 Å². The van der Waals surface area contributed by atoms with Gasteiger partial charge in [0.2, 0.25) is 34.8 Å². The van der Waals surface area contributed by atoms with Crippen molar-refractivity contribution < 1.29 is 50.1 Å². The monoisotopic (exact) mass is 518 g/mol. The van der Waals surface area contributed by atoms with Crippen molar-refractivity contribution in [1.29, 1.82) is 0 Å². The lowest BCUT2D eigenvalue weighted by Gasteiger charge is -2.26. The molecular formula is C20H28F5N2O6P. The number of hydrogen-bond acceptors (Lipinski definition) is 6. The van der Waals surface area contributed by atoms with E-state index in [1.165, 1.54) is 0 Å². The molecule has 1 aromatic carbocycles. The van der Waals surface area contributed by atoms with Gasteiger partial charge in [0, 0.05) is 0 Å². The molecule has 1 rings (SSSR count). The van der Waals surface area contributed by atoms with Crippen LogP contribution < -0.4 is 14.7 Å². The molecule has 0 aliphatic heterocycles. The first-order chi connectivity index (χ1) is 15.6. The fourth-order valence-electron chi connectivity index (χ4n) is 2.25. The third-order valence-corrected chi connectivity index (χ3v) is 5.84. The highest BCUT2D eigenvalue weighted by atomic mass is 31.2. The minimum atomic E-state index is -4.90. The zero-order valence-corrected chi connectivity index (χ0v) is 20.4. The Morgan fingerprint density at radius 2 is 1.03 bits per heavy atom. The predicted octanol–water partition coefficient (Wildman–Crippen LogP) is 4.22. The van der Waals surface area contributed by atoms with Gasteiger partial charge in [0.1, 0.15) is 12.1 Å². The van der Waals surface area contributed by atoms with Crippen LogP contribution in [0.15, 0.2) is 0 Å². The van der Waals surface area contributed by atoms with Crippen LogP contribution in [0.5, 0.6) is 5.75 Å². The van der Waals surface area contributed by atoms with Crippen molar-refractivity contribution in [3.8, 4) is 5.75 Å². The quantitative estimate of drug-likeness (QED) is 0.139. The maximum atomic E-state index is 14.1. The van der Waals surface area contributed by atoms with Gasteiger partial charge in [-0.3, -0.25) is 9.59 Å². The average Bonchev–Trinajstić information content (AvgIpc) is 2.75. The van der Waals surface area contributed by atoms with Gasteiger partial charge in [-0.25, -0.2) is 27.9 Å². The number of carbonyl (C=O) groups excluding carboxylic acids is 2. The van der Waals surface area contributed by atoms with E-state index in [4.69, 9.17) is 14.0 Å². The summed E-state index contributed by atoms with van der Waals surface area (Å²) in [4.78, 5) is 24.3. The second-order valence-corrected chi connectivity index (χ2v) is 10.1. The SMILES string of the molecule is CC(C)COC(=O)[C@H](C)NP(=O)(N[C@H](C)C(=O)OCC(C)C)Oc1c(F)c(F)c(F)c(F)c1F. The first-order valence-corrected chi connectivity index (χ1v) is 11.9. The first kappa shape index (κ1) is 29.8. The lowest BCUT2D eigenvalue weighted by Crippen LogP contribution is -2.43. The van der Waals surface area contributed by atoms with Gasteiger partial charge in [0.15, 0.2) is 0 Å². The number of rotatable bonds is 12. The van der Waals surface area contributed by atoms with E-state index in [-0.39, 0.29) is 25.0 Å². The molecule has 0 spiro atoms. The van der Waals surface area contributed by atoms with Crippen molar-refractivity contribution in [2.45, 2.75) is 53.6 Å². The lowest BCUT2D eigenvalue weighted by atomic mass is 10.2. The number of esters is 2. The van der Waals surface area contributed by atoms with E-state index < -0.39 is 66.5 Å². The van der Waals surface area contributed by atoms with Gasteiger partial charge in [-0.05, 0) is 25.7 Å². The Balaban J connectivity index is 3.29. The molecule has 0 saturated heterocycles. The highest BCUT2D eigenvalue weighted by molar-refractivity contribution is 7.55. The van der Waals surface area contributed by atoms with Crippen molar-refractivity contribution >= 4 is 19.6 Å². The fraction of sp³-hybridized carbons (Fsp3) is 0.600. The zero-order chi connectivity index (χ0) is 26.4. The van der Waals surface area contributed by atoms with Gasteiger partial charge in [-0.1, -0.05) is 27.7 Å². The summed E-state index contributed by atoms with van der Waals surface area (Å²) in [6.07, 6.45) is 0. The molecular weight excluding hydrogens is 490 g/mol. The maximum absolute atomic E-state index is 14.1. The second-order valence-electron chi connectivity index (χ2n) is 8.29. The number of benzene rings is 1. The van der Waals surface area contributed by atoms with E-state index in [9.17, 15) is 36.1 Å². The van der Waals surface area contributed by atoms with E-state index in [0.717, 1.165) is 13.8 Å². The molecule has 0 aromatic heterocycles. The highest BCUT2D eigenvalue weighted by Crippen LogP contribution is 2.43. The van der Waals surface area contributed by atoms with Crippen molar-refractivity contribution in [3.05, 3.63) is 29.1 Å². The Morgan fingerprint density at radius 1 is 0.706 bits per heavy atom. The van der Waals surface area contributed by atoms with Gasteiger partial charge >= 0.3 is 19.6 Å². The summed E-state index contributed by atoms with van der Waals surface area (Å²) in [5, 5.41) is 4.18. The van der Waals surface area contributed by atoms with Crippen molar-refractivity contribution in [1.82, 2.24) is 10.2 Å². The normalized spacial score (nSPS) is 15.1.